The monoisotopic (exact) mass is 395 g/mol. The van der Waals surface area contributed by atoms with Gasteiger partial charge in [-0.1, -0.05) is 30.3 Å². The Morgan fingerprint density at radius 1 is 1.10 bits per heavy atom. The predicted octanol–water partition coefficient (Wildman–Crippen LogP) is 2.15. The molecule has 1 amide bonds. The molecule has 2 aliphatic rings. The molecule has 2 saturated heterocycles. The number of nitrogens with zero attached hydrogens (tertiary/aromatic N) is 5. The smallest absolute Gasteiger partial charge is 0.259 e. The highest BCUT2D eigenvalue weighted by Gasteiger charge is 2.28. The molecule has 0 bridgehead atoms. The number of aromatic nitrogens is 2. The van der Waals surface area contributed by atoms with Crippen LogP contribution in [0.5, 0.6) is 0 Å². The lowest BCUT2D eigenvalue weighted by Crippen LogP contribution is -2.44. The Morgan fingerprint density at radius 2 is 1.79 bits per heavy atom. The number of rotatable bonds is 4. The number of carbonyl (C=O) groups is 1. The number of anilines is 1. The Kier molecular flexibility index (Phi) is 6.06. The third-order valence-corrected chi connectivity index (χ3v) is 5.90. The molecule has 0 atom stereocenters. The highest BCUT2D eigenvalue weighted by Crippen LogP contribution is 2.27. The van der Waals surface area contributed by atoms with Crippen LogP contribution in [0.15, 0.2) is 36.5 Å². The van der Waals surface area contributed by atoms with Crippen molar-refractivity contribution in [3.8, 4) is 11.4 Å². The predicted molar refractivity (Wildman–Crippen MR) is 113 cm³/mol. The van der Waals surface area contributed by atoms with Gasteiger partial charge in [-0.2, -0.15) is 0 Å². The first-order valence-corrected chi connectivity index (χ1v) is 10.3. The lowest BCUT2D eigenvalue weighted by Gasteiger charge is -2.37. The third-order valence-electron chi connectivity index (χ3n) is 5.90. The maximum Gasteiger partial charge on any atom is 0.259 e. The molecule has 4 rings (SSSR count). The number of hydrogen-bond acceptors (Lipinski definition) is 6. The molecule has 0 N–H and O–H groups in total. The van der Waals surface area contributed by atoms with Crippen molar-refractivity contribution in [2.75, 3.05) is 58.4 Å². The van der Waals surface area contributed by atoms with Crippen LogP contribution < -0.4 is 4.90 Å². The van der Waals surface area contributed by atoms with Crippen LogP contribution in [0, 0.1) is 0 Å². The quantitative estimate of drug-likeness (QED) is 0.791. The van der Waals surface area contributed by atoms with Gasteiger partial charge in [-0.25, -0.2) is 9.97 Å². The van der Waals surface area contributed by atoms with Crippen molar-refractivity contribution < 1.29 is 9.53 Å². The zero-order valence-electron chi connectivity index (χ0n) is 17.3. The van der Waals surface area contributed by atoms with Crippen LogP contribution in [-0.2, 0) is 4.74 Å². The molecule has 0 radical (unpaired) electrons. The van der Waals surface area contributed by atoms with E-state index in [1.54, 1.807) is 6.20 Å². The fourth-order valence-corrected chi connectivity index (χ4v) is 4.01. The van der Waals surface area contributed by atoms with E-state index in [1.165, 1.54) is 0 Å². The van der Waals surface area contributed by atoms with Gasteiger partial charge in [-0.3, -0.25) is 4.79 Å². The second kappa shape index (κ2) is 8.88. The van der Waals surface area contributed by atoms with Crippen LogP contribution in [-0.4, -0.2) is 85.2 Å². The van der Waals surface area contributed by atoms with Gasteiger partial charge < -0.3 is 19.4 Å². The molecule has 7 heteroatoms. The van der Waals surface area contributed by atoms with E-state index < -0.39 is 0 Å². The second-order valence-electron chi connectivity index (χ2n) is 7.85. The summed E-state index contributed by atoms with van der Waals surface area (Å²) in [6.07, 6.45) is 3.82. The van der Waals surface area contributed by atoms with Crippen molar-refractivity contribution >= 4 is 11.7 Å². The number of likely N-dealkylation sites (tertiary alicyclic amines) is 1. The van der Waals surface area contributed by atoms with Gasteiger partial charge >= 0.3 is 0 Å². The first-order chi connectivity index (χ1) is 14.1. The Morgan fingerprint density at radius 3 is 2.48 bits per heavy atom. The lowest BCUT2D eigenvalue weighted by molar-refractivity contribution is 0.0302. The van der Waals surface area contributed by atoms with Gasteiger partial charge in [0.1, 0.15) is 11.4 Å². The molecule has 154 valence electrons. The SMILES string of the molecule is CN1CCC(N(C)c2nc(-c3ccccc3)ncc2C(=O)N2CCOCC2)CC1. The summed E-state index contributed by atoms with van der Waals surface area (Å²) in [5.41, 5.74) is 1.53. The summed E-state index contributed by atoms with van der Waals surface area (Å²) in [6.45, 7) is 4.48. The number of amides is 1. The number of carbonyl (C=O) groups excluding carboxylic acids is 1. The van der Waals surface area contributed by atoms with Crippen molar-refractivity contribution in [2.24, 2.45) is 0 Å². The molecule has 0 saturated carbocycles. The number of morpholine rings is 1. The summed E-state index contributed by atoms with van der Waals surface area (Å²) in [4.78, 5) is 29.1. The van der Waals surface area contributed by atoms with E-state index >= 15 is 0 Å². The van der Waals surface area contributed by atoms with Gasteiger partial charge in [0, 0.05) is 37.9 Å². The van der Waals surface area contributed by atoms with Crippen molar-refractivity contribution in [2.45, 2.75) is 18.9 Å². The van der Waals surface area contributed by atoms with Crippen LogP contribution >= 0.6 is 0 Å². The number of hydrogen-bond donors (Lipinski definition) is 0. The summed E-state index contributed by atoms with van der Waals surface area (Å²) < 4.78 is 5.41. The van der Waals surface area contributed by atoms with E-state index in [2.05, 4.69) is 28.9 Å². The van der Waals surface area contributed by atoms with Crippen molar-refractivity contribution in [1.29, 1.82) is 0 Å². The molecule has 2 aromatic rings. The molecular formula is C22H29N5O2. The average molecular weight is 396 g/mol. The molecule has 29 heavy (non-hydrogen) atoms. The van der Waals surface area contributed by atoms with Gasteiger partial charge in [0.2, 0.25) is 0 Å². The average Bonchev–Trinajstić information content (AvgIpc) is 2.79. The molecule has 3 heterocycles. The zero-order valence-corrected chi connectivity index (χ0v) is 17.3. The first-order valence-electron chi connectivity index (χ1n) is 10.3. The Hall–Kier alpha value is -2.51. The standard InChI is InChI=1S/C22H29N5O2/c1-25-10-8-18(9-11-25)26(2)21-19(22(28)27-12-14-29-15-13-27)16-23-20(24-21)17-6-4-3-5-7-17/h3-7,16,18H,8-15H2,1-2H3. The molecule has 7 nitrogen and oxygen atoms in total. The summed E-state index contributed by atoms with van der Waals surface area (Å²) in [7, 11) is 4.21. The molecule has 0 unspecified atom stereocenters. The van der Waals surface area contributed by atoms with Crippen LogP contribution in [0.1, 0.15) is 23.2 Å². The molecule has 0 spiro atoms. The van der Waals surface area contributed by atoms with E-state index in [9.17, 15) is 4.79 Å². The third kappa shape index (κ3) is 4.41. The van der Waals surface area contributed by atoms with Crippen LogP contribution in [0.3, 0.4) is 0 Å². The van der Waals surface area contributed by atoms with Crippen LogP contribution in [0.2, 0.25) is 0 Å². The van der Waals surface area contributed by atoms with Gasteiger partial charge in [-0.15, -0.1) is 0 Å². The minimum Gasteiger partial charge on any atom is -0.378 e. The van der Waals surface area contributed by atoms with Gasteiger partial charge in [-0.05, 0) is 33.0 Å². The number of ether oxygens (including phenoxy) is 1. The summed E-state index contributed by atoms with van der Waals surface area (Å²) in [5.74, 6) is 1.37. The Bertz CT molecular complexity index is 830. The van der Waals surface area contributed by atoms with Gasteiger partial charge in [0.25, 0.3) is 5.91 Å². The van der Waals surface area contributed by atoms with Crippen molar-refractivity contribution in [3.05, 3.63) is 42.1 Å². The maximum absolute atomic E-state index is 13.3. The van der Waals surface area contributed by atoms with E-state index in [0.29, 0.717) is 43.7 Å². The molecular weight excluding hydrogens is 366 g/mol. The summed E-state index contributed by atoms with van der Waals surface area (Å²) in [5, 5.41) is 0. The highest BCUT2D eigenvalue weighted by atomic mass is 16.5. The van der Waals surface area contributed by atoms with Crippen LogP contribution in [0.4, 0.5) is 5.82 Å². The van der Waals surface area contributed by atoms with Gasteiger partial charge in [0.05, 0.1) is 13.2 Å². The number of piperidine rings is 1. The maximum atomic E-state index is 13.3. The lowest BCUT2D eigenvalue weighted by atomic mass is 10.0. The first kappa shape index (κ1) is 19.8. The van der Waals surface area contributed by atoms with Gasteiger partial charge in [0.15, 0.2) is 5.82 Å². The largest absolute Gasteiger partial charge is 0.378 e. The topological polar surface area (TPSA) is 61.8 Å². The summed E-state index contributed by atoms with van der Waals surface area (Å²) >= 11 is 0. The molecule has 2 fully saturated rings. The van der Waals surface area contributed by atoms with E-state index in [0.717, 1.165) is 37.3 Å². The molecule has 1 aromatic heterocycles. The minimum atomic E-state index is -0.0114. The van der Waals surface area contributed by atoms with E-state index in [1.807, 2.05) is 35.2 Å². The normalized spacial score (nSPS) is 18.6. The molecule has 1 aromatic carbocycles. The van der Waals surface area contributed by atoms with Crippen molar-refractivity contribution in [3.63, 3.8) is 0 Å². The Balaban J connectivity index is 1.68. The van der Waals surface area contributed by atoms with E-state index in [-0.39, 0.29) is 5.91 Å². The summed E-state index contributed by atoms with van der Waals surface area (Å²) in [6, 6.07) is 10.3. The number of benzene rings is 1. The van der Waals surface area contributed by atoms with Crippen LogP contribution in [0.25, 0.3) is 11.4 Å². The fraction of sp³-hybridized carbons (Fsp3) is 0.500. The molecule has 2 aliphatic heterocycles. The fourth-order valence-electron chi connectivity index (χ4n) is 4.01. The van der Waals surface area contributed by atoms with Crippen molar-refractivity contribution in [1.82, 2.24) is 19.8 Å². The second-order valence-corrected chi connectivity index (χ2v) is 7.85. The molecule has 0 aliphatic carbocycles. The van der Waals surface area contributed by atoms with E-state index in [4.69, 9.17) is 9.72 Å². The highest BCUT2D eigenvalue weighted by molar-refractivity contribution is 5.99. The minimum absolute atomic E-state index is 0.0114. The Labute approximate surface area is 172 Å². The zero-order chi connectivity index (χ0) is 20.2.